The van der Waals surface area contributed by atoms with Gasteiger partial charge in [-0.05, 0) is 117 Å². The summed E-state index contributed by atoms with van der Waals surface area (Å²) in [5, 5.41) is 65.5. The van der Waals surface area contributed by atoms with E-state index in [-0.39, 0.29) is 52.3 Å². The molecule has 9 nitrogen and oxygen atoms in total. The molecule has 0 radical (unpaired) electrons. The SMILES string of the molecule is CC(C)(O)[C@@H]1CC[C@](C)([C@H]2[C@@H](O)C[C@@]3(C)[C@@H]4C[C@H](O)[C@H]5C(C)(C)[C@H](O[C@@H]6OC[C@@H](O)[C@H](O)[C@H]6O)CC[C@@]56C[C@@]46CC[C@]23C)O1. The van der Waals surface area contributed by atoms with Crippen molar-refractivity contribution in [3.63, 3.8) is 0 Å². The van der Waals surface area contributed by atoms with Crippen LogP contribution in [0.1, 0.15) is 106 Å². The Labute approximate surface area is 262 Å². The van der Waals surface area contributed by atoms with Crippen molar-refractivity contribution in [3.8, 4) is 0 Å². The van der Waals surface area contributed by atoms with Crippen LogP contribution in [0.2, 0.25) is 0 Å². The van der Waals surface area contributed by atoms with Gasteiger partial charge in [-0.15, -0.1) is 0 Å². The average Bonchev–Trinajstić information content (AvgIpc) is 3.27. The molecule has 2 spiro atoms. The molecule has 2 saturated heterocycles. The van der Waals surface area contributed by atoms with Gasteiger partial charge in [0.1, 0.15) is 18.3 Å². The highest BCUT2D eigenvalue weighted by Crippen LogP contribution is 2.89. The first-order valence-electron chi connectivity index (χ1n) is 17.4. The predicted molar refractivity (Wildman–Crippen MR) is 161 cm³/mol. The van der Waals surface area contributed by atoms with Crippen molar-refractivity contribution < 1.29 is 44.8 Å². The van der Waals surface area contributed by atoms with Crippen LogP contribution in [0.25, 0.3) is 0 Å². The largest absolute Gasteiger partial charge is 0.393 e. The van der Waals surface area contributed by atoms with Crippen LogP contribution < -0.4 is 0 Å². The van der Waals surface area contributed by atoms with Gasteiger partial charge in [0.25, 0.3) is 0 Å². The molecule has 44 heavy (non-hydrogen) atoms. The van der Waals surface area contributed by atoms with Gasteiger partial charge >= 0.3 is 0 Å². The molecular weight excluding hydrogens is 564 g/mol. The van der Waals surface area contributed by atoms with Crippen LogP contribution in [0.4, 0.5) is 0 Å². The number of ether oxygens (including phenoxy) is 3. The number of hydrogen-bond acceptors (Lipinski definition) is 9. The number of aliphatic hydroxyl groups is 6. The Morgan fingerprint density at radius 3 is 2.11 bits per heavy atom. The first-order chi connectivity index (χ1) is 20.3. The van der Waals surface area contributed by atoms with Crippen LogP contribution in [0.15, 0.2) is 0 Å². The smallest absolute Gasteiger partial charge is 0.186 e. The number of hydrogen-bond donors (Lipinski definition) is 6. The molecule has 9 heteroatoms. The number of fused-ring (bicyclic) bond motifs is 2. The molecule has 0 aromatic heterocycles. The zero-order valence-electron chi connectivity index (χ0n) is 27.8. The maximum atomic E-state index is 12.1. The Hall–Kier alpha value is -0.360. The molecule has 2 aliphatic heterocycles. The highest BCUT2D eigenvalue weighted by Gasteiger charge is 2.85. The standard InChI is InChI=1S/C35H58O9/c1-29(2)22(43-28-25(40)24(39)20(38)16-42-28)9-11-35-17-34(35)13-12-31(5)27(33(7)10-8-23(44-33)30(3,4)41)19(37)15-32(31,6)21(34)14-18(36)26(29)35/h18-28,36-41H,8-17H2,1-7H3/t18-,19-,20+,21-,22+,23-,24-,25+,26-,27-,28-,31+,32-,33+,34-,35+/m0/s1. The molecule has 6 N–H and O–H groups in total. The van der Waals surface area contributed by atoms with Crippen LogP contribution >= 0.6 is 0 Å². The maximum Gasteiger partial charge on any atom is 0.186 e. The van der Waals surface area contributed by atoms with Crippen LogP contribution in [0.5, 0.6) is 0 Å². The summed E-state index contributed by atoms with van der Waals surface area (Å²) in [7, 11) is 0. The highest BCUT2D eigenvalue weighted by atomic mass is 16.7. The summed E-state index contributed by atoms with van der Waals surface area (Å²) in [4.78, 5) is 0. The summed E-state index contributed by atoms with van der Waals surface area (Å²) in [5.41, 5.74) is -2.01. The predicted octanol–water partition coefficient (Wildman–Crippen LogP) is 2.90. The minimum atomic E-state index is -1.33. The zero-order valence-corrected chi connectivity index (χ0v) is 27.8. The van der Waals surface area contributed by atoms with E-state index in [0.29, 0.717) is 18.8 Å². The Balaban J connectivity index is 1.15. The lowest BCUT2D eigenvalue weighted by atomic mass is 9.41. The normalized spacial score (nSPS) is 59.8. The first-order valence-corrected chi connectivity index (χ1v) is 17.4. The molecule has 7 fully saturated rings. The van der Waals surface area contributed by atoms with E-state index in [9.17, 15) is 30.6 Å². The summed E-state index contributed by atoms with van der Waals surface area (Å²) in [5.74, 6) is 0.285. The van der Waals surface area contributed by atoms with Gasteiger partial charge in [-0.1, -0.05) is 27.7 Å². The molecule has 5 aliphatic carbocycles. The second-order valence-electron chi connectivity index (χ2n) is 18.3. The van der Waals surface area contributed by atoms with Gasteiger partial charge in [-0.3, -0.25) is 0 Å². The van der Waals surface area contributed by atoms with Crippen molar-refractivity contribution in [1.29, 1.82) is 0 Å². The Morgan fingerprint density at radius 2 is 1.45 bits per heavy atom. The first kappa shape index (κ1) is 32.2. The van der Waals surface area contributed by atoms with Crippen molar-refractivity contribution >= 4 is 0 Å². The fourth-order valence-electron chi connectivity index (χ4n) is 13.4. The monoisotopic (exact) mass is 622 g/mol. The van der Waals surface area contributed by atoms with Gasteiger partial charge in [-0.25, -0.2) is 0 Å². The van der Waals surface area contributed by atoms with Gasteiger partial charge in [-0.2, -0.15) is 0 Å². The summed E-state index contributed by atoms with van der Waals surface area (Å²) < 4.78 is 18.7. The topological polar surface area (TPSA) is 149 Å². The highest BCUT2D eigenvalue weighted by molar-refractivity contribution is 5.33. The number of aliphatic hydroxyl groups excluding tert-OH is 5. The van der Waals surface area contributed by atoms with Crippen LogP contribution in [-0.2, 0) is 14.2 Å². The van der Waals surface area contributed by atoms with Crippen LogP contribution in [0.3, 0.4) is 0 Å². The van der Waals surface area contributed by atoms with Crippen molar-refractivity contribution in [2.45, 2.75) is 166 Å². The zero-order chi connectivity index (χ0) is 32.0. The lowest BCUT2D eigenvalue weighted by Gasteiger charge is -2.64. The average molecular weight is 623 g/mol. The van der Waals surface area contributed by atoms with Crippen molar-refractivity contribution in [1.82, 2.24) is 0 Å². The lowest BCUT2D eigenvalue weighted by Crippen LogP contribution is -2.63. The van der Waals surface area contributed by atoms with E-state index in [1.165, 1.54) is 0 Å². The van der Waals surface area contributed by atoms with Gasteiger partial charge in [0.2, 0.25) is 0 Å². The summed E-state index contributed by atoms with van der Waals surface area (Å²) in [6.07, 6.45) is 1.57. The van der Waals surface area contributed by atoms with E-state index >= 15 is 0 Å². The Kier molecular flexibility index (Phi) is 7.04. The van der Waals surface area contributed by atoms with E-state index in [4.69, 9.17) is 14.2 Å². The third-order valence-corrected chi connectivity index (χ3v) is 15.5. The van der Waals surface area contributed by atoms with Crippen molar-refractivity contribution in [2.75, 3.05) is 6.61 Å². The molecule has 0 aromatic carbocycles. The molecule has 0 bridgehead atoms. The van der Waals surface area contributed by atoms with Gasteiger partial charge in [0.05, 0.1) is 42.2 Å². The minimum Gasteiger partial charge on any atom is -0.393 e. The van der Waals surface area contributed by atoms with E-state index in [1.807, 2.05) is 13.8 Å². The molecule has 0 unspecified atom stereocenters. The van der Waals surface area contributed by atoms with E-state index in [2.05, 4.69) is 34.6 Å². The van der Waals surface area contributed by atoms with Crippen LogP contribution in [0, 0.1) is 44.8 Å². The maximum absolute atomic E-state index is 12.1. The summed E-state index contributed by atoms with van der Waals surface area (Å²) in [6.45, 7) is 14.8. The van der Waals surface area contributed by atoms with Crippen LogP contribution in [-0.4, -0.2) is 97.5 Å². The fourth-order valence-corrected chi connectivity index (χ4v) is 13.4. The van der Waals surface area contributed by atoms with E-state index in [1.54, 1.807) is 0 Å². The Morgan fingerprint density at radius 1 is 0.750 bits per heavy atom. The Bertz CT molecular complexity index is 1160. The van der Waals surface area contributed by atoms with Crippen molar-refractivity contribution in [3.05, 3.63) is 0 Å². The lowest BCUT2D eigenvalue weighted by molar-refractivity contribution is -0.306. The molecule has 7 aliphatic rings. The molecule has 0 aromatic rings. The second-order valence-corrected chi connectivity index (χ2v) is 18.3. The third kappa shape index (κ3) is 3.97. The molecule has 252 valence electrons. The van der Waals surface area contributed by atoms with E-state index in [0.717, 1.165) is 44.9 Å². The van der Waals surface area contributed by atoms with Gasteiger partial charge in [0, 0.05) is 5.92 Å². The quantitative estimate of drug-likeness (QED) is 0.260. The molecule has 5 saturated carbocycles. The van der Waals surface area contributed by atoms with Gasteiger partial charge in [0.15, 0.2) is 6.29 Å². The second kappa shape index (κ2) is 9.63. The summed E-state index contributed by atoms with van der Waals surface area (Å²) in [6, 6.07) is 0. The number of rotatable bonds is 4. The molecule has 0 amide bonds. The van der Waals surface area contributed by atoms with E-state index < -0.39 is 53.4 Å². The molecule has 7 rings (SSSR count). The van der Waals surface area contributed by atoms with Crippen molar-refractivity contribution in [2.24, 2.45) is 44.8 Å². The fraction of sp³-hybridized carbons (Fsp3) is 1.00. The summed E-state index contributed by atoms with van der Waals surface area (Å²) >= 11 is 0. The van der Waals surface area contributed by atoms with Gasteiger partial charge < -0.3 is 44.8 Å². The molecule has 16 atom stereocenters. The minimum absolute atomic E-state index is 0.00753. The molecule has 2 heterocycles. The molecular formula is C35H58O9. The third-order valence-electron chi connectivity index (χ3n) is 15.5.